The van der Waals surface area contributed by atoms with E-state index in [9.17, 15) is 24.2 Å². The van der Waals surface area contributed by atoms with Crippen LogP contribution in [0.25, 0.3) is 0 Å². The molecule has 0 aliphatic carbocycles. The van der Waals surface area contributed by atoms with E-state index < -0.39 is 32.5 Å². The third-order valence-electron chi connectivity index (χ3n) is 8.25. The van der Waals surface area contributed by atoms with Gasteiger partial charge in [-0.3, -0.25) is 18.6 Å². The lowest BCUT2D eigenvalue weighted by molar-refractivity contribution is -0.161. The maximum Gasteiger partial charge on any atom is 0.472 e. The molecule has 0 aromatic carbocycles. The van der Waals surface area contributed by atoms with Crippen LogP contribution in [-0.4, -0.2) is 60.5 Å². The molecule has 328 valence electrons. The zero-order valence-electron chi connectivity index (χ0n) is 35.6. The van der Waals surface area contributed by atoms with Crippen LogP contribution < -0.4 is 5.73 Å². The maximum atomic E-state index is 12.6. The van der Waals surface area contributed by atoms with Crippen molar-refractivity contribution in [3.8, 4) is 0 Å². The second-order valence-corrected chi connectivity index (χ2v) is 15.1. The van der Waals surface area contributed by atoms with Gasteiger partial charge in [0.2, 0.25) is 0 Å². The van der Waals surface area contributed by atoms with E-state index >= 15 is 0 Å². The van der Waals surface area contributed by atoms with Crippen molar-refractivity contribution < 1.29 is 42.7 Å². The molecule has 0 aliphatic heterocycles. The quantitative estimate of drug-likeness (QED) is 0.0180. The first-order valence-electron chi connectivity index (χ1n) is 21.5. The molecule has 11 heteroatoms. The van der Waals surface area contributed by atoms with Crippen molar-refractivity contribution in [3.63, 3.8) is 0 Å². The fraction of sp³-hybridized carbons (Fsp3) is 0.574. The number of carbonyl (C=O) groups excluding carboxylic acids is 2. The first kappa shape index (κ1) is 54.6. The Kier molecular flexibility index (Phi) is 39.4. The zero-order chi connectivity index (χ0) is 42.6. The number of phosphoric acid groups is 1. The maximum absolute atomic E-state index is 12.6. The van der Waals surface area contributed by atoms with E-state index in [1.165, 1.54) is 0 Å². The average Bonchev–Trinajstić information content (AvgIpc) is 3.20. The standard InChI is InChI=1S/C47H76NO9P/c1-3-5-7-8-9-10-11-12-13-14-15-16-17-18-21-24-27-30-34-38-46(50)54-42-45(43-56-58(52,53)55-41-40-48)57-47(51)39-35-31-28-25-22-19-20-23-26-29-33-37-44(49)36-32-6-4-2/h5,7,9-10,12-13,15-16,18-21,25-26,28-29,33,37,44-45,49H,3-4,6,8,11,14,17,22-24,27,30-32,34-36,38-43,48H2,1-2H3,(H,52,53)/b7-5-,10-9-,13-12-,16-15-,20-19-,21-18-,28-25-,29-26-,37-33+/t44-,45+/m0/s1. The summed E-state index contributed by atoms with van der Waals surface area (Å²) in [7, 11) is -4.42. The number of aliphatic hydroxyl groups is 1. The molecule has 4 N–H and O–H groups in total. The summed E-state index contributed by atoms with van der Waals surface area (Å²) in [6.45, 7) is 3.34. The lowest BCUT2D eigenvalue weighted by atomic mass is 10.1. The number of hydrogen-bond acceptors (Lipinski definition) is 9. The Bertz CT molecular complexity index is 1330. The molecule has 0 fully saturated rings. The van der Waals surface area contributed by atoms with Gasteiger partial charge in [-0.05, 0) is 83.5 Å². The second kappa shape index (κ2) is 41.8. The van der Waals surface area contributed by atoms with Crippen molar-refractivity contribution in [2.75, 3.05) is 26.4 Å². The zero-order valence-corrected chi connectivity index (χ0v) is 36.5. The van der Waals surface area contributed by atoms with Gasteiger partial charge in [-0.2, -0.15) is 0 Å². The summed E-state index contributed by atoms with van der Waals surface area (Å²) in [5.41, 5.74) is 5.34. The van der Waals surface area contributed by atoms with Crippen molar-refractivity contribution in [1.82, 2.24) is 0 Å². The highest BCUT2D eigenvalue weighted by molar-refractivity contribution is 7.47. The van der Waals surface area contributed by atoms with Gasteiger partial charge >= 0.3 is 19.8 Å². The van der Waals surface area contributed by atoms with E-state index in [-0.39, 0.29) is 38.7 Å². The molecule has 0 spiro atoms. The van der Waals surface area contributed by atoms with Gasteiger partial charge in [0.25, 0.3) is 0 Å². The molecule has 0 amide bonds. The van der Waals surface area contributed by atoms with Gasteiger partial charge in [-0.15, -0.1) is 0 Å². The number of hydrogen-bond donors (Lipinski definition) is 3. The van der Waals surface area contributed by atoms with E-state index in [0.29, 0.717) is 19.3 Å². The summed E-state index contributed by atoms with van der Waals surface area (Å²) in [5, 5.41) is 9.89. The smallest absolute Gasteiger partial charge is 0.462 e. The van der Waals surface area contributed by atoms with E-state index in [2.05, 4.69) is 86.8 Å². The van der Waals surface area contributed by atoms with Crippen LogP contribution in [0.2, 0.25) is 0 Å². The van der Waals surface area contributed by atoms with Crippen LogP contribution in [-0.2, 0) is 32.7 Å². The van der Waals surface area contributed by atoms with Crippen LogP contribution in [0, 0.1) is 0 Å². The predicted octanol–water partition coefficient (Wildman–Crippen LogP) is 11.4. The summed E-state index contributed by atoms with van der Waals surface area (Å²) >= 11 is 0. The van der Waals surface area contributed by atoms with Gasteiger partial charge in [0.05, 0.1) is 19.3 Å². The second-order valence-electron chi connectivity index (χ2n) is 13.7. The fourth-order valence-electron chi connectivity index (χ4n) is 5.06. The largest absolute Gasteiger partial charge is 0.472 e. The Hall–Kier alpha value is -3.37. The highest BCUT2D eigenvalue weighted by Crippen LogP contribution is 2.43. The van der Waals surface area contributed by atoms with Crippen LogP contribution in [0.5, 0.6) is 0 Å². The number of ether oxygens (including phenoxy) is 2. The first-order chi connectivity index (χ1) is 28.2. The molecule has 10 nitrogen and oxygen atoms in total. The summed E-state index contributed by atoms with van der Waals surface area (Å²) < 4.78 is 32.6. The molecule has 0 aromatic heterocycles. The normalized spacial score (nSPS) is 14.9. The summed E-state index contributed by atoms with van der Waals surface area (Å²) in [4.78, 5) is 34.8. The first-order valence-corrected chi connectivity index (χ1v) is 23.0. The number of carbonyl (C=O) groups is 2. The topological polar surface area (TPSA) is 155 Å². The minimum Gasteiger partial charge on any atom is -0.462 e. The average molecular weight is 830 g/mol. The molecular formula is C47H76NO9P. The third kappa shape index (κ3) is 40.8. The molecule has 0 radical (unpaired) electrons. The number of rotatable bonds is 38. The number of unbranched alkanes of at least 4 members (excludes halogenated alkanes) is 6. The van der Waals surface area contributed by atoms with Crippen LogP contribution in [0.4, 0.5) is 0 Å². The predicted molar refractivity (Wildman–Crippen MR) is 239 cm³/mol. The Morgan fingerprint density at radius 3 is 1.76 bits per heavy atom. The Balaban J connectivity index is 4.39. The van der Waals surface area contributed by atoms with E-state index in [4.69, 9.17) is 24.3 Å². The Morgan fingerprint density at radius 2 is 1.17 bits per heavy atom. The van der Waals surface area contributed by atoms with Gasteiger partial charge in [-0.25, -0.2) is 4.57 Å². The molecule has 0 bridgehead atoms. The number of phosphoric ester groups is 1. The number of esters is 2. The summed E-state index contributed by atoms with van der Waals surface area (Å²) in [6.07, 6.45) is 51.6. The van der Waals surface area contributed by atoms with Crippen molar-refractivity contribution in [2.24, 2.45) is 5.73 Å². The fourth-order valence-corrected chi connectivity index (χ4v) is 5.82. The van der Waals surface area contributed by atoms with Crippen molar-refractivity contribution >= 4 is 19.8 Å². The Morgan fingerprint density at radius 1 is 0.621 bits per heavy atom. The molecule has 0 aliphatic rings. The minimum atomic E-state index is -4.42. The van der Waals surface area contributed by atoms with E-state index in [1.54, 1.807) is 0 Å². The number of allylic oxidation sites excluding steroid dienone is 17. The molecule has 0 aromatic rings. The Labute approximate surface area is 351 Å². The van der Waals surface area contributed by atoms with E-state index in [1.807, 2.05) is 36.5 Å². The van der Waals surface area contributed by atoms with Gasteiger partial charge in [-0.1, -0.05) is 149 Å². The molecular weight excluding hydrogens is 753 g/mol. The van der Waals surface area contributed by atoms with E-state index in [0.717, 1.165) is 89.9 Å². The van der Waals surface area contributed by atoms with Crippen LogP contribution in [0.15, 0.2) is 109 Å². The van der Waals surface area contributed by atoms with Crippen molar-refractivity contribution in [2.45, 2.75) is 148 Å². The molecule has 0 saturated heterocycles. The van der Waals surface area contributed by atoms with Crippen LogP contribution >= 0.6 is 7.82 Å². The minimum absolute atomic E-state index is 0.0257. The summed E-state index contributed by atoms with van der Waals surface area (Å²) in [5.74, 6) is -0.972. The third-order valence-corrected chi connectivity index (χ3v) is 9.23. The number of nitrogens with two attached hydrogens (primary N) is 1. The van der Waals surface area contributed by atoms with Crippen molar-refractivity contribution in [1.29, 1.82) is 0 Å². The van der Waals surface area contributed by atoms with Gasteiger partial charge < -0.3 is 25.2 Å². The van der Waals surface area contributed by atoms with Crippen molar-refractivity contribution in [3.05, 3.63) is 109 Å². The van der Waals surface area contributed by atoms with Gasteiger partial charge in [0.15, 0.2) is 6.10 Å². The lowest BCUT2D eigenvalue weighted by Gasteiger charge is -2.19. The van der Waals surface area contributed by atoms with Gasteiger partial charge in [0.1, 0.15) is 6.61 Å². The molecule has 58 heavy (non-hydrogen) atoms. The lowest BCUT2D eigenvalue weighted by Crippen LogP contribution is -2.29. The monoisotopic (exact) mass is 830 g/mol. The molecule has 0 saturated carbocycles. The molecule has 0 heterocycles. The SMILES string of the molecule is CC/C=C\C/C=C\C/C=C\C/C=C\C/C=C\CCCCCC(=O)OC[C@H](COP(=O)(O)OCCN)OC(=O)CCC/C=C\C/C=C\C/C=C\C=C\[C@@H](O)CCCCC. The van der Waals surface area contributed by atoms with Gasteiger partial charge in [0, 0.05) is 19.4 Å². The molecule has 0 rings (SSSR count). The summed E-state index contributed by atoms with van der Waals surface area (Å²) in [6, 6.07) is 0. The van der Waals surface area contributed by atoms with Crippen LogP contribution in [0.3, 0.4) is 0 Å². The highest BCUT2D eigenvalue weighted by atomic mass is 31.2. The highest BCUT2D eigenvalue weighted by Gasteiger charge is 2.25. The number of aliphatic hydroxyl groups excluding tert-OH is 1. The molecule has 1 unspecified atom stereocenters. The van der Waals surface area contributed by atoms with Crippen LogP contribution in [0.1, 0.15) is 136 Å². The molecule has 3 atom stereocenters.